The van der Waals surface area contributed by atoms with Crippen LogP contribution in [0, 0.1) is 0 Å². The fraction of sp³-hybridized carbons (Fsp3) is 0.375. The Hall–Kier alpha value is -1.65. The first kappa shape index (κ1) is 9.44. The van der Waals surface area contributed by atoms with Crippen molar-refractivity contribution < 1.29 is 0 Å². The van der Waals surface area contributed by atoms with E-state index < -0.39 is 0 Å². The highest BCUT2D eigenvalue weighted by molar-refractivity contribution is 4.89. The molecule has 0 bridgehead atoms. The van der Waals surface area contributed by atoms with Crippen molar-refractivity contribution in [3.05, 3.63) is 30.6 Å². The maximum Gasteiger partial charge on any atom is 0.108 e. The molecule has 0 fully saturated rings. The van der Waals surface area contributed by atoms with E-state index in [0.29, 0.717) is 0 Å². The van der Waals surface area contributed by atoms with Crippen molar-refractivity contribution in [3.63, 3.8) is 0 Å². The second kappa shape index (κ2) is 5.08. The third-order valence-corrected chi connectivity index (χ3v) is 1.57. The van der Waals surface area contributed by atoms with Crippen molar-refractivity contribution in [1.82, 2.24) is 25.0 Å². The van der Waals surface area contributed by atoms with Crippen LogP contribution in [-0.4, -0.2) is 25.0 Å². The number of H-pyrrole nitrogens is 1. The molecule has 0 unspecified atom stereocenters. The average molecular weight is 179 g/mol. The Morgan fingerprint density at radius 1 is 1.31 bits per heavy atom. The first-order valence-corrected chi connectivity index (χ1v) is 4.10. The van der Waals surface area contributed by atoms with Crippen molar-refractivity contribution in [2.45, 2.75) is 13.3 Å². The molecule has 0 aliphatic heterocycles. The summed E-state index contributed by atoms with van der Waals surface area (Å²) in [7, 11) is 2.01. The summed E-state index contributed by atoms with van der Waals surface area (Å²) in [5, 5.41) is 9.33. The Morgan fingerprint density at radius 2 is 2.00 bits per heavy atom. The van der Waals surface area contributed by atoms with Gasteiger partial charge in [-0.15, -0.1) is 0 Å². The second-order valence-corrected chi connectivity index (χ2v) is 2.46. The summed E-state index contributed by atoms with van der Waals surface area (Å²) >= 11 is 0. The summed E-state index contributed by atoms with van der Waals surface area (Å²) in [4.78, 5) is 4.10. The van der Waals surface area contributed by atoms with Gasteiger partial charge in [0.05, 0.1) is 12.4 Å². The van der Waals surface area contributed by atoms with Crippen LogP contribution in [0.25, 0.3) is 0 Å². The van der Waals surface area contributed by atoms with E-state index in [1.54, 1.807) is 12.4 Å². The molecule has 0 radical (unpaired) electrons. The summed E-state index contributed by atoms with van der Waals surface area (Å²) < 4.78 is 2.03. The van der Waals surface area contributed by atoms with Gasteiger partial charge in [0.2, 0.25) is 0 Å². The van der Waals surface area contributed by atoms with Crippen molar-refractivity contribution in [2.24, 2.45) is 7.05 Å². The van der Waals surface area contributed by atoms with Gasteiger partial charge in [0.15, 0.2) is 0 Å². The SMILES string of the molecule is CCc1nccn1C.c1cn[nH]n1. The third-order valence-electron chi connectivity index (χ3n) is 1.57. The second-order valence-electron chi connectivity index (χ2n) is 2.46. The highest BCUT2D eigenvalue weighted by Crippen LogP contribution is 1.92. The summed E-state index contributed by atoms with van der Waals surface area (Å²) in [5.41, 5.74) is 0. The summed E-state index contributed by atoms with van der Waals surface area (Å²) in [6.45, 7) is 2.10. The van der Waals surface area contributed by atoms with Crippen LogP contribution in [0.2, 0.25) is 0 Å². The molecule has 0 aliphatic carbocycles. The topological polar surface area (TPSA) is 59.4 Å². The fourth-order valence-corrected chi connectivity index (χ4v) is 0.904. The number of aryl methyl sites for hydroxylation is 2. The summed E-state index contributed by atoms with van der Waals surface area (Å²) in [5.74, 6) is 1.14. The van der Waals surface area contributed by atoms with Gasteiger partial charge in [-0.05, 0) is 0 Å². The number of rotatable bonds is 1. The van der Waals surface area contributed by atoms with Crippen LogP contribution in [0.5, 0.6) is 0 Å². The molecule has 0 amide bonds. The van der Waals surface area contributed by atoms with E-state index in [1.165, 1.54) is 0 Å². The first-order valence-electron chi connectivity index (χ1n) is 4.10. The van der Waals surface area contributed by atoms with Gasteiger partial charge in [0, 0.05) is 25.9 Å². The maximum atomic E-state index is 4.10. The van der Waals surface area contributed by atoms with Crippen LogP contribution in [0.15, 0.2) is 24.8 Å². The normalized spacial score (nSPS) is 9.08. The Balaban J connectivity index is 0.000000145. The van der Waals surface area contributed by atoms with E-state index in [0.717, 1.165) is 12.2 Å². The fourth-order valence-electron chi connectivity index (χ4n) is 0.904. The summed E-state index contributed by atoms with van der Waals surface area (Å²) in [6.07, 6.45) is 7.96. The van der Waals surface area contributed by atoms with E-state index in [2.05, 4.69) is 27.3 Å². The smallest absolute Gasteiger partial charge is 0.108 e. The molecule has 0 atom stereocenters. The summed E-state index contributed by atoms with van der Waals surface area (Å²) in [6, 6.07) is 0. The lowest BCUT2D eigenvalue weighted by molar-refractivity contribution is 0.808. The Labute approximate surface area is 76.8 Å². The first-order chi connectivity index (χ1) is 6.34. The number of hydrogen-bond acceptors (Lipinski definition) is 3. The van der Waals surface area contributed by atoms with E-state index >= 15 is 0 Å². The van der Waals surface area contributed by atoms with Crippen LogP contribution >= 0.6 is 0 Å². The molecule has 1 N–H and O–H groups in total. The molecule has 5 heteroatoms. The van der Waals surface area contributed by atoms with Gasteiger partial charge in [0.25, 0.3) is 0 Å². The Kier molecular flexibility index (Phi) is 3.69. The van der Waals surface area contributed by atoms with E-state index in [1.807, 2.05) is 24.0 Å². The molecular weight excluding hydrogens is 166 g/mol. The van der Waals surface area contributed by atoms with Gasteiger partial charge in [-0.3, -0.25) is 0 Å². The van der Waals surface area contributed by atoms with Crippen molar-refractivity contribution in [3.8, 4) is 0 Å². The van der Waals surface area contributed by atoms with E-state index in [4.69, 9.17) is 0 Å². The number of nitrogens with zero attached hydrogens (tertiary/aromatic N) is 4. The molecule has 0 aliphatic rings. The molecule has 5 nitrogen and oxygen atoms in total. The zero-order valence-electron chi connectivity index (χ0n) is 7.81. The molecule has 0 aromatic carbocycles. The van der Waals surface area contributed by atoms with Gasteiger partial charge in [-0.1, -0.05) is 6.92 Å². The third kappa shape index (κ3) is 3.06. The molecule has 2 heterocycles. The molecule has 70 valence electrons. The lowest BCUT2D eigenvalue weighted by Crippen LogP contribution is -1.92. The average Bonchev–Trinajstić information content (AvgIpc) is 2.76. The predicted octanol–water partition coefficient (Wildman–Crippen LogP) is 0.787. The van der Waals surface area contributed by atoms with Gasteiger partial charge in [-0.25, -0.2) is 4.98 Å². The van der Waals surface area contributed by atoms with Gasteiger partial charge in [0.1, 0.15) is 5.82 Å². The standard InChI is InChI=1S/C6H10N2.C2H3N3/c1-3-6-7-4-5-8(6)2;1-2-4-5-3-1/h4-5H,3H2,1-2H3;1-2H,(H,3,4,5). The molecule has 13 heavy (non-hydrogen) atoms. The quantitative estimate of drug-likeness (QED) is 0.704. The van der Waals surface area contributed by atoms with Crippen molar-refractivity contribution >= 4 is 0 Å². The van der Waals surface area contributed by atoms with Gasteiger partial charge in [-0.2, -0.15) is 15.4 Å². The van der Waals surface area contributed by atoms with Crippen LogP contribution in [0.1, 0.15) is 12.7 Å². The highest BCUT2D eigenvalue weighted by atomic mass is 15.3. The largest absolute Gasteiger partial charge is 0.338 e. The van der Waals surface area contributed by atoms with Crippen LogP contribution < -0.4 is 0 Å². The molecule has 2 aromatic rings. The zero-order chi connectivity index (χ0) is 9.52. The minimum atomic E-state index is 1.02. The lowest BCUT2D eigenvalue weighted by Gasteiger charge is -1.92. The van der Waals surface area contributed by atoms with Crippen LogP contribution in [0.3, 0.4) is 0 Å². The van der Waals surface area contributed by atoms with Gasteiger partial charge >= 0.3 is 0 Å². The van der Waals surface area contributed by atoms with Crippen LogP contribution in [-0.2, 0) is 13.5 Å². The molecule has 2 aromatic heterocycles. The van der Waals surface area contributed by atoms with E-state index in [-0.39, 0.29) is 0 Å². The Bertz CT molecular complexity index is 294. The number of aromatic nitrogens is 5. The number of hydrogen-bond donors (Lipinski definition) is 1. The van der Waals surface area contributed by atoms with E-state index in [9.17, 15) is 0 Å². The minimum absolute atomic E-state index is 1.02. The lowest BCUT2D eigenvalue weighted by atomic mass is 10.5. The van der Waals surface area contributed by atoms with Crippen molar-refractivity contribution in [1.29, 1.82) is 0 Å². The van der Waals surface area contributed by atoms with Crippen LogP contribution in [0.4, 0.5) is 0 Å². The molecule has 2 rings (SSSR count). The molecule has 0 saturated heterocycles. The monoisotopic (exact) mass is 179 g/mol. The number of aromatic amines is 1. The molecule has 0 spiro atoms. The predicted molar refractivity (Wildman–Crippen MR) is 49.0 cm³/mol. The molecular formula is C8H13N5. The number of imidazole rings is 1. The van der Waals surface area contributed by atoms with Crippen molar-refractivity contribution in [2.75, 3.05) is 0 Å². The Morgan fingerprint density at radius 3 is 2.23 bits per heavy atom. The maximum absolute atomic E-state index is 4.10. The highest BCUT2D eigenvalue weighted by Gasteiger charge is 1.90. The number of nitrogens with one attached hydrogen (secondary N) is 1. The zero-order valence-corrected chi connectivity index (χ0v) is 7.81. The minimum Gasteiger partial charge on any atom is -0.338 e. The van der Waals surface area contributed by atoms with Gasteiger partial charge < -0.3 is 4.57 Å². The molecule has 0 saturated carbocycles.